The van der Waals surface area contributed by atoms with E-state index < -0.39 is 5.97 Å². The lowest BCUT2D eigenvalue weighted by Gasteiger charge is -2.11. The minimum Gasteiger partial charge on any atom is -0.462 e. The molecule has 0 aliphatic rings. The monoisotopic (exact) mass is 366 g/mol. The van der Waals surface area contributed by atoms with Crippen molar-refractivity contribution in [2.45, 2.75) is 13.5 Å². The Morgan fingerprint density at radius 2 is 2.00 bits per heavy atom. The molecule has 0 saturated carbocycles. The molecule has 0 amide bonds. The van der Waals surface area contributed by atoms with Gasteiger partial charge in [-0.15, -0.1) is 0 Å². The Hall–Kier alpha value is -2.85. The van der Waals surface area contributed by atoms with Gasteiger partial charge in [-0.05, 0) is 36.3 Å². The summed E-state index contributed by atoms with van der Waals surface area (Å²) >= 11 is 6.07. The zero-order valence-corrected chi connectivity index (χ0v) is 15.2. The third-order valence-electron chi connectivity index (χ3n) is 3.81. The van der Waals surface area contributed by atoms with Crippen LogP contribution in [0.5, 0.6) is 0 Å². The van der Waals surface area contributed by atoms with Crippen LogP contribution >= 0.6 is 11.6 Å². The SMILES string of the molecule is CCOC(=O)C(=Cc1cccc(Cl)c1)c1nccn1Cc1ccccc1. The molecule has 0 N–H and O–H groups in total. The van der Waals surface area contributed by atoms with Crippen molar-refractivity contribution >= 4 is 29.2 Å². The van der Waals surface area contributed by atoms with Crippen LogP contribution in [0.3, 0.4) is 0 Å². The van der Waals surface area contributed by atoms with Crippen LogP contribution in [0.2, 0.25) is 5.02 Å². The van der Waals surface area contributed by atoms with Gasteiger partial charge in [-0.1, -0.05) is 54.1 Å². The number of imidazole rings is 1. The molecule has 3 rings (SSSR count). The summed E-state index contributed by atoms with van der Waals surface area (Å²) in [6, 6.07) is 17.3. The highest BCUT2D eigenvalue weighted by atomic mass is 35.5. The van der Waals surface area contributed by atoms with Crippen LogP contribution in [-0.4, -0.2) is 22.1 Å². The van der Waals surface area contributed by atoms with E-state index in [-0.39, 0.29) is 0 Å². The molecule has 0 bridgehead atoms. The molecule has 1 heterocycles. The average molecular weight is 367 g/mol. The molecule has 5 heteroatoms. The van der Waals surface area contributed by atoms with Crippen LogP contribution < -0.4 is 0 Å². The lowest BCUT2D eigenvalue weighted by Crippen LogP contribution is -2.12. The molecule has 0 aliphatic carbocycles. The zero-order chi connectivity index (χ0) is 18.4. The number of halogens is 1. The summed E-state index contributed by atoms with van der Waals surface area (Å²) in [5.74, 6) is 0.153. The molecule has 0 saturated heterocycles. The van der Waals surface area contributed by atoms with Crippen molar-refractivity contribution in [3.63, 3.8) is 0 Å². The summed E-state index contributed by atoms with van der Waals surface area (Å²) in [7, 11) is 0. The van der Waals surface area contributed by atoms with E-state index in [2.05, 4.69) is 4.98 Å². The molecule has 4 nitrogen and oxygen atoms in total. The van der Waals surface area contributed by atoms with Crippen molar-refractivity contribution in [3.05, 3.63) is 89.0 Å². The molecule has 132 valence electrons. The quantitative estimate of drug-likeness (QED) is 0.469. The molecule has 0 aliphatic heterocycles. The summed E-state index contributed by atoms with van der Waals surface area (Å²) < 4.78 is 7.18. The molecular formula is C21H19ClN2O2. The van der Waals surface area contributed by atoms with Crippen molar-refractivity contribution in [3.8, 4) is 0 Å². The lowest BCUT2D eigenvalue weighted by molar-refractivity contribution is -0.136. The Morgan fingerprint density at radius 1 is 1.19 bits per heavy atom. The number of rotatable bonds is 6. The van der Waals surface area contributed by atoms with Gasteiger partial charge in [-0.25, -0.2) is 9.78 Å². The number of hydrogen-bond donors (Lipinski definition) is 0. The molecule has 0 atom stereocenters. The second-order valence-corrected chi connectivity index (χ2v) is 6.13. The van der Waals surface area contributed by atoms with Gasteiger partial charge in [0, 0.05) is 24.0 Å². The van der Waals surface area contributed by atoms with E-state index in [4.69, 9.17) is 16.3 Å². The first-order valence-corrected chi connectivity index (χ1v) is 8.75. The van der Waals surface area contributed by atoms with Crippen LogP contribution in [0.15, 0.2) is 67.0 Å². The molecule has 1 aromatic heterocycles. The summed E-state index contributed by atoms with van der Waals surface area (Å²) in [5, 5.41) is 0.606. The number of nitrogens with zero attached hydrogens (tertiary/aromatic N) is 2. The predicted octanol–water partition coefficient (Wildman–Crippen LogP) is 4.69. The van der Waals surface area contributed by atoms with Gasteiger partial charge in [0.05, 0.1) is 6.61 Å². The maximum atomic E-state index is 12.6. The van der Waals surface area contributed by atoms with E-state index in [1.54, 1.807) is 31.3 Å². The summed E-state index contributed by atoms with van der Waals surface area (Å²) in [6.07, 6.45) is 5.30. The van der Waals surface area contributed by atoms with Crippen molar-refractivity contribution in [2.75, 3.05) is 6.61 Å². The Kier molecular flexibility index (Phi) is 5.87. The summed E-state index contributed by atoms with van der Waals surface area (Å²) in [5.41, 5.74) is 2.34. The Morgan fingerprint density at radius 3 is 2.73 bits per heavy atom. The number of carbonyl (C=O) groups excluding carboxylic acids is 1. The predicted molar refractivity (Wildman–Crippen MR) is 104 cm³/mol. The molecule has 0 unspecified atom stereocenters. The van der Waals surface area contributed by atoms with Gasteiger partial charge >= 0.3 is 5.97 Å². The second-order valence-electron chi connectivity index (χ2n) is 5.70. The molecule has 0 radical (unpaired) electrons. The van der Waals surface area contributed by atoms with Gasteiger partial charge in [0.25, 0.3) is 0 Å². The van der Waals surface area contributed by atoms with Crippen LogP contribution in [0.4, 0.5) is 0 Å². The topological polar surface area (TPSA) is 44.1 Å². The fourth-order valence-corrected chi connectivity index (χ4v) is 2.85. The number of carbonyl (C=O) groups is 1. The van der Waals surface area contributed by atoms with Gasteiger partial charge in [0.2, 0.25) is 0 Å². The maximum Gasteiger partial charge on any atom is 0.341 e. The van der Waals surface area contributed by atoms with Crippen LogP contribution in [-0.2, 0) is 16.1 Å². The van der Waals surface area contributed by atoms with Gasteiger partial charge in [-0.2, -0.15) is 0 Å². The first-order valence-electron chi connectivity index (χ1n) is 8.37. The van der Waals surface area contributed by atoms with E-state index >= 15 is 0 Å². The van der Waals surface area contributed by atoms with Gasteiger partial charge in [0.15, 0.2) is 0 Å². The number of aromatic nitrogens is 2. The van der Waals surface area contributed by atoms with Gasteiger partial charge in [0.1, 0.15) is 11.4 Å². The van der Waals surface area contributed by atoms with Crippen molar-refractivity contribution in [1.29, 1.82) is 0 Å². The maximum absolute atomic E-state index is 12.6. The fraction of sp³-hybridized carbons (Fsp3) is 0.143. The highest BCUT2D eigenvalue weighted by molar-refractivity contribution is 6.30. The third-order valence-corrected chi connectivity index (χ3v) is 4.04. The molecule has 3 aromatic rings. The normalized spacial score (nSPS) is 11.4. The molecule has 0 fully saturated rings. The Bertz CT molecular complexity index is 917. The number of esters is 1. The Balaban J connectivity index is 2.00. The van der Waals surface area contributed by atoms with Crippen molar-refractivity contribution in [2.24, 2.45) is 0 Å². The van der Waals surface area contributed by atoms with Crippen LogP contribution in [0.25, 0.3) is 11.6 Å². The standard InChI is InChI=1S/C21H19ClN2O2/c1-2-26-21(25)19(14-17-9-6-10-18(22)13-17)20-23-11-12-24(20)15-16-7-4-3-5-8-16/h3-14H,2,15H2,1H3. The molecule has 2 aromatic carbocycles. The number of hydrogen-bond acceptors (Lipinski definition) is 3. The van der Waals surface area contributed by atoms with Crippen LogP contribution in [0, 0.1) is 0 Å². The lowest BCUT2D eigenvalue weighted by atomic mass is 10.1. The Labute approximate surface area is 157 Å². The highest BCUT2D eigenvalue weighted by Crippen LogP contribution is 2.21. The number of benzene rings is 2. The van der Waals surface area contributed by atoms with E-state index in [0.717, 1.165) is 11.1 Å². The molecule has 0 spiro atoms. The fourth-order valence-electron chi connectivity index (χ4n) is 2.65. The van der Waals surface area contributed by atoms with E-state index in [0.29, 0.717) is 29.6 Å². The smallest absolute Gasteiger partial charge is 0.341 e. The van der Waals surface area contributed by atoms with Gasteiger partial charge in [-0.3, -0.25) is 0 Å². The van der Waals surface area contributed by atoms with E-state index in [1.807, 2.05) is 53.2 Å². The van der Waals surface area contributed by atoms with E-state index in [1.165, 1.54) is 0 Å². The molecule has 26 heavy (non-hydrogen) atoms. The van der Waals surface area contributed by atoms with E-state index in [9.17, 15) is 4.79 Å². The first kappa shape index (κ1) is 18.0. The van der Waals surface area contributed by atoms with Crippen LogP contribution in [0.1, 0.15) is 23.9 Å². The third kappa shape index (κ3) is 4.41. The summed E-state index contributed by atoms with van der Waals surface area (Å²) in [4.78, 5) is 17.0. The summed E-state index contributed by atoms with van der Waals surface area (Å²) in [6.45, 7) is 2.69. The largest absolute Gasteiger partial charge is 0.462 e. The highest BCUT2D eigenvalue weighted by Gasteiger charge is 2.19. The van der Waals surface area contributed by atoms with Gasteiger partial charge < -0.3 is 9.30 Å². The number of ether oxygens (including phenoxy) is 1. The average Bonchev–Trinajstić information content (AvgIpc) is 3.08. The minimum atomic E-state index is -0.409. The van der Waals surface area contributed by atoms with Crippen molar-refractivity contribution < 1.29 is 9.53 Å². The second kappa shape index (κ2) is 8.50. The zero-order valence-electron chi connectivity index (χ0n) is 14.4. The molecular weight excluding hydrogens is 348 g/mol. The van der Waals surface area contributed by atoms with Crippen molar-refractivity contribution in [1.82, 2.24) is 9.55 Å². The minimum absolute atomic E-state index is 0.297. The first-order chi connectivity index (χ1) is 12.7.